The second-order valence-electron chi connectivity index (χ2n) is 8.33. The van der Waals surface area contributed by atoms with Crippen LogP contribution < -0.4 is 14.7 Å². The van der Waals surface area contributed by atoms with E-state index in [1.54, 1.807) is 11.0 Å². The van der Waals surface area contributed by atoms with Gasteiger partial charge in [-0.05, 0) is 30.3 Å². The number of rotatable bonds is 6. The van der Waals surface area contributed by atoms with Gasteiger partial charge in [0.05, 0.1) is 43.2 Å². The summed E-state index contributed by atoms with van der Waals surface area (Å²) in [5.41, 5.74) is 1.05. The number of aliphatic hydroxyl groups excluding tert-OH is 1. The smallest absolute Gasteiger partial charge is 0.391 e. The Morgan fingerprint density at radius 1 is 0.903 bits per heavy atom. The molecule has 2 aromatic rings. The molecule has 0 aromatic heterocycles. The molecule has 168 valence electrons. The molecule has 4 rings (SSSR count). The number of fused-ring (bicyclic) bond motifs is 2. The fourth-order valence-corrected chi connectivity index (χ4v) is 5.66. The lowest BCUT2D eigenvalue weighted by atomic mass is 10.1. The molecule has 0 aliphatic carbocycles. The Kier molecular flexibility index (Phi) is 7.11. The maximum atomic E-state index is 13.4. The Hall–Kier alpha value is -1.74. The normalized spacial score (nSPS) is 21.4. The van der Waals surface area contributed by atoms with Gasteiger partial charge in [-0.25, -0.2) is 0 Å². The summed E-state index contributed by atoms with van der Waals surface area (Å²) in [6.45, 7) is 7.12. The van der Waals surface area contributed by atoms with E-state index in [1.807, 2.05) is 24.3 Å². The van der Waals surface area contributed by atoms with E-state index >= 15 is 0 Å². The van der Waals surface area contributed by atoms with Crippen LogP contribution in [0.5, 0.6) is 0 Å². The summed E-state index contributed by atoms with van der Waals surface area (Å²) in [6, 6.07) is 12.0. The largest absolute Gasteiger partial charge is 0.416 e. The molecule has 2 aliphatic rings. The van der Waals surface area contributed by atoms with Crippen molar-refractivity contribution in [1.82, 2.24) is 0 Å². The lowest BCUT2D eigenvalue weighted by molar-refractivity contribution is -0.938. The molecule has 0 radical (unpaired) electrons. The summed E-state index contributed by atoms with van der Waals surface area (Å²) in [5.74, 6) is 0. The van der Waals surface area contributed by atoms with Crippen molar-refractivity contribution in [2.45, 2.75) is 28.8 Å². The van der Waals surface area contributed by atoms with Crippen LogP contribution >= 0.6 is 11.8 Å². The lowest BCUT2D eigenvalue weighted by Crippen LogP contribution is -3.18. The summed E-state index contributed by atoms with van der Waals surface area (Å²) in [6.07, 6.45) is -2.29. The number of nitrogens with zero attached hydrogens (tertiary/aromatic N) is 1. The summed E-state index contributed by atoms with van der Waals surface area (Å²) in [4.78, 5) is 7.04. The molecule has 31 heavy (non-hydrogen) atoms. The van der Waals surface area contributed by atoms with E-state index in [0.29, 0.717) is 12.2 Å². The number of hydrogen-bond donors (Lipinski definition) is 3. The van der Waals surface area contributed by atoms with E-state index in [9.17, 15) is 18.3 Å². The Morgan fingerprint density at radius 2 is 1.61 bits per heavy atom. The molecule has 1 fully saturated rings. The van der Waals surface area contributed by atoms with Crippen LogP contribution in [0.2, 0.25) is 0 Å². The van der Waals surface area contributed by atoms with Crippen molar-refractivity contribution in [2.24, 2.45) is 0 Å². The molecule has 8 heteroatoms. The molecule has 2 atom stereocenters. The second kappa shape index (κ2) is 9.81. The van der Waals surface area contributed by atoms with Crippen molar-refractivity contribution in [2.75, 3.05) is 57.3 Å². The van der Waals surface area contributed by atoms with Crippen molar-refractivity contribution in [1.29, 1.82) is 0 Å². The molecule has 0 amide bonds. The minimum absolute atomic E-state index is 0.233. The van der Waals surface area contributed by atoms with E-state index in [-0.39, 0.29) is 6.61 Å². The highest BCUT2D eigenvalue weighted by Crippen LogP contribution is 2.49. The second-order valence-corrected chi connectivity index (χ2v) is 9.42. The zero-order valence-electron chi connectivity index (χ0n) is 17.5. The number of hydrogen-bond acceptors (Lipinski definition) is 3. The number of alkyl halides is 3. The summed E-state index contributed by atoms with van der Waals surface area (Å²) in [5, 5.41) is 9.19. The van der Waals surface area contributed by atoms with Gasteiger partial charge in [-0.1, -0.05) is 23.9 Å². The summed E-state index contributed by atoms with van der Waals surface area (Å²) >= 11 is 1.54. The maximum absolute atomic E-state index is 13.4. The van der Waals surface area contributed by atoms with Crippen LogP contribution in [0.15, 0.2) is 52.3 Å². The Bertz CT molecular complexity index is 893. The average Bonchev–Trinajstić information content (AvgIpc) is 2.98. The highest BCUT2D eigenvalue weighted by atomic mass is 32.2. The highest BCUT2D eigenvalue weighted by Gasteiger charge is 2.33. The zero-order chi connectivity index (χ0) is 21.8. The molecule has 2 aliphatic heterocycles. The van der Waals surface area contributed by atoms with Crippen molar-refractivity contribution in [3.8, 4) is 0 Å². The molecule has 4 nitrogen and oxygen atoms in total. The van der Waals surface area contributed by atoms with E-state index in [4.69, 9.17) is 0 Å². The Balaban J connectivity index is 1.47. The van der Waals surface area contributed by atoms with Gasteiger partial charge in [-0.15, -0.1) is 0 Å². The predicted octanol–water partition coefficient (Wildman–Crippen LogP) is 1.86. The maximum Gasteiger partial charge on any atom is 0.416 e. The molecule has 0 saturated carbocycles. The average molecular weight is 454 g/mol. The van der Waals surface area contributed by atoms with Gasteiger partial charge in [0.2, 0.25) is 0 Å². The monoisotopic (exact) mass is 453 g/mol. The van der Waals surface area contributed by atoms with Crippen LogP contribution in [0.25, 0.3) is 0 Å². The first-order chi connectivity index (χ1) is 15.0. The van der Waals surface area contributed by atoms with Gasteiger partial charge in [-0.3, -0.25) is 0 Å². The third kappa shape index (κ3) is 5.37. The first-order valence-corrected chi connectivity index (χ1v) is 11.8. The summed E-state index contributed by atoms with van der Waals surface area (Å²) < 4.78 is 40.1. The molecule has 0 spiro atoms. The molecule has 2 unspecified atom stereocenters. The fourth-order valence-electron chi connectivity index (χ4n) is 4.58. The van der Waals surface area contributed by atoms with Gasteiger partial charge in [-0.2, -0.15) is 13.2 Å². The van der Waals surface area contributed by atoms with Crippen molar-refractivity contribution < 1.29 is 28.1 Å². The molecule has 3 N–H and O–H groups in total. The number of halogens is 3. The molecule has 2 heterocycles. The van der Waals surface area contributed by atoms with Crippen LogP contribution in [0.1, 0.15) is 18.4 Å². The predicted molar refractivity (Wildman–Crippen MR) is 116 cm³/mol. The van der Waals surface area contributed by atoms with Gasteiger partial charge in [0.1, 0.15) is 19.6 Å². The topological polar surface area (TPSA) is 32.4 Å². The van der Waals surface area contributed by atoms with Gasteiger partial charge in [0, 0.05) is 29.2 Å². The van der Waals surface area contributed by atoms with E-state index in [2.05, 4.69) is 4.90 Å². The Morgan fingerprint density at radius 3 is 2.35 bits per heavy atom. The van der Waals surface area contributed by atoms with Gasteiger partial charge < -0.3 is 19.8 Å². The standard InChI is InChI=1S/C23H28F3N3OS/c24-23(25,26)18-7-8-22-20(17-18)29(19-5-1-2-6-21(19)31-22)12-4-11-27-9-3-10-28(14-13-27)15-16-30/h1-2,5-8,17,30H,3-4,9-16H2/p+2. The van der Waals surface area contributed by atoms with Crippen LogP contribution in [-0.2, 0) is 6.18 Å². The van der Waals surface area contributed by atoms with Gasteiger partial charge in [0.25, 0.3) is 0 Å². The molecule has 0 bridgehead atoms. The first kappa shape index (κ1) is 22.5. The van der Waals surface area contributed by atoms with Crippen LogP contribution in [0.4, 0.5) is 24.5 Å². The molecule has 1 saturated heterocycles. The van der Waals surface area contributed by atoms with Crippen molar-refractivity contribution >= 4 is 23.1 Å². The number of benzene rings is 2. The summed E-state index contributed by atoms with van der Waals surface area (Å²) in [7, 11) is 0. The van der Waals surface area contributed by atoms with E-state index in [1.165, 1.54) is 28.8 Å². The van der Waals surface area contributed by atoms with Crippen LogP contribution in [-0.4, -0.2) is 57.5 Å². The van der Waals surface area contributed by atoms with Gasteiger partial charge >= 0.3 is 6.18 Å². The molecular formula is C23H30F3N3OS+2. The van der Waals surface area contributed by atoms with Crippen LogP contribution in [0, 0.1) is 0 Å². The van der Waals surface area contributed by atoms with Crippen LogP contribution in [0.3, 0.4) is 0 Å². The van der Waals surface area contributed by atoms with E-state index < -0.39 is 11.7 Å². The quantitative estimate of drug-likeness (QED) is 0.625. The molecular weight excluding hydrogens is 423 g/mol. The SMILES string of the molecule is OCC[NH+]1CCC[NH+](CCCN2c3ccccc3Sc3ccc(C(F)(F)F)cc32)CC1. The third-order valence-corrected chi connectivity index (χ3v) is 7.35. The lowest BCUT2D eigenvalue weighted by Gasteiger charge is -2.33. The fraction of sp³-hybridized carbons (Fsp3) is 0.478. The minimum Gasteiger partial charge on any atom is -0.391 e. The zero-order valence-corrected chi connectivity index (χ0v) is 18.4. The molecule has 2 aromatic carbocycles. The number of para-hydroxylation sites is 1. The number of quaternary nitrogens is 2. The first-order valence-electron chi connectivity index (χ1n) is 11.0. The van der Waals surface area contributed by atoms with E-state index in [0.717, 1.165) is 67.6 Å². The van der Waals surface area contributed by atoms with Crippen molar-refractivity contribution in [3.63, 3.8) is 0 Å². The highest BCUT2D eigenvalue weighted by molar-refractivity contribution is 7.99. The Labute approximate surface area is 185 Å². The van der Waals surface area contributed by atoms with Crippen molar-refractivity contribution in [3.05, 3.63) is 48.0 Å². The number of anilines is 2. The van der Waals surface area contributed by atoms with Gasteiger partial charge in [0.15, 0.2) is 0 Å². The number of aliphatic hydroxyl groups is 1. The number of nitrogens with one attached hydrogen (secondary N) is 2. The minimum atomic E-state index is -4.35. The third-order valence-electron chi connectivity index (χ3n) is 6.22.